The number of nitro groups is 1. The van der Waals surface area contributed by atoms with Gasteiger partial charge < -0.3 is 4.90 Å². The quantitative estimate of drug-likeness (QED) is 0.334. The smallest absolute Gasteiger partial charge is 0.274 e. The second-order valence-electron chi connectivity index (χ2n) is 4.28. The zero-order valence-corrected chi connectivity index (χ0v) is 12.4. The van der Waals surface area contributed by atoms with E-state index in [2.05, 4.69) is 15.9 Å². The van der Waals surface area contributed by atoms with Gasteiger partial charge in [0.15, 0.2) is 0 Å². The van der Waals surface area contributed by atoms with Gasteiger partial charge in [0, 0.05) is 30.4 Å². The monoisotopic (exact) mass is 328 g/mol. The summed E-state index contributed by atoms with van der Waals surface area (Å²) in [5, 5.41) is 11.8. The van der Waals surface area contributed by atoms with Gasteiger partial charge in [-0.25, -0.2) is 0 Å². The number of benzene rings is 1. The third kappa shape index (κ3) is 4.98. The molecule has 0 bridgehead atoms. The number of hydrogen-bond acceptors (Lipinski definition) is 3. The predicted molar refractivity (Wildman–Crippen MR) is 77.2 cm³/mol. The molecule has 1 aromatic rings. The molecule has 1 rings (SSSR count). The van der Waals surface area contributed by atoms with Gasteiger partial charge in [0.25, 0.3) is 5.69 Å². The molecule has 0 aliphatic rings. The van der Waals surface area contributed by atoms with Crippen LogP contribution < -0.4 is 0 Å². The maximum Gasteiger partial charge on any atom is 0.274 e. The van der Waals surface area contributed by atoms with E-state index in [4.69, 9.17) is 0 Å². The Kier molecular flexibility index (Phi) is 6.49. The molecule has 0 atom stereocenters. The molecule has 1 amide bonds. The van der Waals surface area contributed by atoms with E-state index < -0.39 is 4.92 Å². The van der Waals surface area contributed by atoms with E-state index in [0.717, 1.165) is 18.2 Å². The number of halogens is 1. The lowest BCUT2D eigenvalue weighted by Crippen LogP contribution is -2.26. The van der Waals surface area contributed by atoms with Gasteiger partial charge in [-0.2, -0.15) is 0 Å². The zero-order valence-electron chi connectivity index (χ0n) is 10.8. The van der Waals surface area contributed by atoms with Crippen molar-refractivity contribution in [3.05, 3.63) is 39.9 Å². The van der Waals surface area contributed by atoms with Crippen molar-refractivity contribution in [2.75, 3.05) is 12.4 Å². The highest BCUT2D eigenvalue weighted by atomic mass is 79.9. The van der Waals surface area contributed by atoms with Crippen LogP contribution in [0.5, 0.6) is 0 Å². The van der Waals surface area contributed by atoms with Crippen LogP contribution in [0, 0.1) is 10.1 Å². The summed E-state index contributed by atoms with van der Waals surface area (Å²) in [6, 6.07) is 6.50. The van der Waals surface area contributed by atoms with Crippen molar-refractivity contribution in [1.29, 1.82) is 0 Å². The first kappa shape index (κ1) is 15.6. The summed E-state index contributed by atoms with van der Waals surface area (Å²) in [4.78, 5) is 23.8. The van der Waals surface area contributed by atoms with Gasteiger partial charge in [-0.3, -0.25) is 14.9 Å². The molecule has 0 saturated carbocycles. The molecular formula is C13H17BrN2O3. The van der Waals surface area contributed by atoms with Crippen LogP contribution in [-0.2, 0) is 11.3 Å². The van der Waals surface area contributed by atoms with Crippen LogP contribution in [0.3, 0.4) is 0 Å². The molecule has 104 valence electrons. The third-order valence-electron chi connectivity index (χ3n) is 2.80. The first-order valence-electron chi connectivity index (χ1n) is 6.08. The minimum atomic E-state index is -0.418. The fraction of sp³-hybridized carbons (Fsp3) is 0.462. The van der Waals surface area contributed by atoms with E-state index in [0.29, 0.717) is 12.0 Å². The average Bonchev–Trinajstić information content (AvgIpc) is 2.39. The number of alkyl halides is 1. The topological polar surface area (TPSA) is 63.4 Å². The van der Waals surface area contributed by atoms with E-state index in [1.54, 1.807) is 25.2 Å². The standard InChI is InChI=1S/C13H17BrN2O3/c1-15(13(17)8-4-5-9-14)10-11-6-2-3-7-12(11)16(18)19/h2-3,6-7H,4-5,8-10H2,1H3. The zero-order chi connectivity index (χ0) is 14.3. The molecule has 0 aliphatic carbocycles. The van der Waals surface area contributed by atoms with Gasteiger partial charge in [0.2, 0.25) is 5.91 Å². The van der Waals surface area contributed by atoms with Gasteiger partial charge in [0.1, 0.15) is 0 Å². The third-order valence-corrected chi connectivity index (χ3v) is 3.36. The van der Waals surface area contributed by atoms with E-state index in [9.17, 15) is 14.9 Å². The Balaban J connectivity index is 2.63. The number of nitrogens with zero attached hydrogens (tertiary/aromatic N) is 2. The molecule has 0 aliphatic heterocycles. The number of carbonyl (C=O) groups excluding carboxylic acids is 1. The molecule has 1 aromatic carbocycles. The summed E-state index contributed by atoms with van der Waals surface area (Å²) in [5.74, 6) is 0.0131. The van der Waals surface area contributed by atoms with E-state index in [-0.39, 0.29) is 18.1 Å². The van der Waals surface area contributed by atoms with Gasteiger partial charge in [-0.05, 0) is 12.8 Å². The number of para-hydroxylation sites is 1. The van der Waals surface area contributed by atoms with Crippen molar-refractivity contribution in [3.63, 3.8) is 0 Å². The summed E-state index contributed by atoms with van der Waals surface area (Å²) in [6.07, 6.45) is 2.25. The molecule has 0 radical (unpaired) electrons. The lowest BCUT2D eigenvalue weighted by atomic mass is 10.1. The Labute approximate surface area is 120 Å². The molecule has 19 heavy (non-hydrogen) atoms. The number of carbonyl (C=O) groups is 1. The minimum absolute atomic E-state index is 0.0131. The predicted octanol–water partition coefficient (Wildman–Crippen LogP) is 3.12. The Morgan fingerprint density at radius 1 is 1.37 bits per heavy atom. The van der Waals surface area contributed by atoms with Crippen LogP contribution >= 0.6 is 15.9 Å². The van der Waals surface area contributed by atoms with Gasteiger partial charge in [-0.1, -0.05) is 34.1 Å². The number of unbranched alkanes of at least 4 members (excludes halogenated alkanes) is 1. The van der Waals surface area contributed by atoms with Crippen LogP contribution in [0.4, 0.5) is 5.69 Å². The molecule has 6 heteroatoms. The Bertz CT molecular complexity index is 451. The maximum atomic E-state index is 11.8. The molecule has 0 saturated heterocycles. The van der Waals surface area contributed by atoms with Crippen molar-refractivity contribution >= 4 is 27.5 Å². The van der Waals surface area contributed by atoms with Crippen LogP contribution in [-0.4, -0.2) is 28.1 Å². The second kappa shape index (κ2) is 7.89. The van der Waals surface area contributed by atoms with Crippen LogP contribution in [0.25, 0.3) is 0 Å². The largest absolute Gasteiger partial charge is 0.341 e. The first-order valence-corrected chi connectivity index (χ1v) is 7.20. The van der Waals surface area contributed by atoms with E-state index in [1.807, 2.05) is 0 Å². The molecule has 0 unspecified atom stereocenters. The van der Waals surface area contributed by atoms with Crippen molar-refractivity contribution in [3.8, 4) is 0 Å². The minimum Gasteiger partial charge on any atom is -0.341 e. The van der Waals surface area contributed by atoms with Crippen LogP contribution in [0.15, 0.2) is 24.3 Å². The first-order chi connectivity index (χ1) is 9.06. The fourth-order valence-corrected chi connectivity index (χ4v) is 2.12. The van der Waals surface area contributed by atoms with Crippen molar-refractivity contribution < 1.29 is 9.72 Å². The highest BCUT2D eigenvalue weighted by Crippen LogP contribution is 2.19. The van der Waals surface area contributed by atoms with Crippen molar-refractivity contribution in [2.24, 2.45) is 0 Å². The molecule has 0 heterocycles. The molecule has 0 aromatic heterocycles. The fourth-order valence-electron chi connectivity index (χ4n) is 1.73. The van der Waals surface area contributed by atoms with E-state index >= 15 is 0 Å². The van der Waals surface area contributed by atoms with Crippen LogP contribution in [0.1, 0.15) is 24.8 Å². The Morgan fingerprint density at radius 3 is 2.68 bits per heavy atom. The molecule has 0 N–H and O–H groups in total. The normalized spacial score (nSPS) is 10.2. The lowest BCUT2D eigenvalue weighted by Gasteiger charge is -2.17. The summed E-state index contributed by atoms with van der Waals surface area (Å²) in [5.41, 5.74) is 0.617. The number of amides is 1. The van der Waals surface area contributed by atoms with Gasteiger partial charge in [0.05, 0.1) is 11.5 Å². The molecular weight excluding hydrogens is 312 g/mol. The van der Waals surface area contributed by atoms with E-state index in [1.165, 1.54) is 11.0 Å². The molecule has 0 spiro atoms. The second-order valence-corrected chi connectivity index (χ2v) is 5.07. The van der Waals surface area contributed by atoms with Crippen molar-refractivity contribution in [2.45, 2.75) is 25.8 Å². The lowest BCUT2D eigenvalue weighted by molar-refractivity contribution is -0.385. The van der Waals surface area contributed by atoms with Crippen LogP contribution in [0.2, 0.25) is 0 Å². The highest BCUT2D eigenvalue weighted by molar-refractivity contribution is 9.09. The summed E-state index contributed by atoms with van der Waals surface area (Å²) in [7, 11) is 1.67. The summed E-state index contributed by atoms with van der Waals surface area (Å²) < 4.78 is 0. The summed E-state index contributed by atoms with van der Waals surface area (Å²) in [6.45, 7) is 0.268. The average molecular weight is 329 g/mol. The molecule has 5 nitrogen and oxygen atoms in total. The summed E-state index contributed by atoms with van der Waals surface area (Å²) >= 11 is 3.32. The maximum absolute atomic E-state index is 11.8. The van der Waals surface area contributed by atoms with Crippen molar-refractivity contribution in [1.82, 2.24) is 4.90 Å². The number of rotatable bonds is 7. The number of nitro benzene ring substituents is 1. The van der Waals surface area contributed by atoms with Gasteiger partial charge in [-0.15, -0.1) is 0 Å². The number of hydrogen-bond donors (Lipinski definition) is 0. The van der Waals surface area contributed by atoms with Gasteiger partial charge >= 0.3 is 0 Å². The highest BCUT2D eigenvalue weighted by Gasteiger charge is 2.16. The Morgan fingerprint density at radius 2 is 2.05 bits per heavy atom. The molecule has 0 fully saturated rings. The Hall–Kier alpha value is -1.43. The SMILES string of the molecule is CN(Cc1ccccc1[N+](=O)[O-])C(=O)CCCCBr.